The van der Waals surface area contributed by atoms with Crippen LogP contribution in [0.1, 0.15) is 32.3 Å². The Morgan fingerprint density at radius 2 is 1.67 bits per heavy atom. The molecule has 0 spiro atoms. The molecule has 0 saturated heterocycles. The van der Waals surface area contributed by atoms with Crippen molar-refractivity contribution in [3.8, 4) is 0 Å². The second-order valence-corrected chi connectivity index (χ2v) is 9.15. The van der Waals surface area contributed by atoms with Crippen molar-refractivity contribution in [1.82, 2.24) is 0 Å². The van der Waals surface area contributed by atoms with E-state index >= 15 is 0 Å². The van der Waals surface area contributed by atoms with Gasteiger partial charge in [-0.05, 0) is 46.1 Å². The molecule has 2 nitrogen and oxygen atoms in total. The first kappa shape index (κ1) is 19.1. The SMILES string of the molecule is O=C(C[n+]1ccc(CCS[C@@H]2Cc3cccc4cccc2c34)cc1)c1ccccc1. The molecule has 30 heavy (non-hydrogen) atoms. The van der Waals surface area contributed by atoms with Gasteiger partial charge in [0, 0.05) is 22.9 Å². The molecule has 1 atom stereocenters. The van der Waals surface area contributed by atoms with E-state index in [9.17, 15) is 4.79 Å². The van der Waals surface area contributed by atoms with E-state index in [0.717, 1.165) is 24.2 Å². The lowest BCUT2D eigenvalue weighted by Gasteiger charge is -2.11. The summed E-state index contributed by atoms with van der Waals surface area (Å²) in [6, 6.07) is 27.1. The summed E-state index contributed by atoms with van der Waals surface area (Å²) in [5.74, 6) is 1.24. The van der Waals surface area contributed by atoms with Crippen molar-refractivity contribution >= 4 is 28.3 Å². The maximum absolute atomic E-state index is 12.4. The van der Waals surface area contributed by atoms with Crippen LogP contribution in [0.4, 0.5) is 0 Å². The van der Waals surface area contributed by atoms with Gasteiger partial charge >= 0.3 is 0 Å². The smallest absolute Gasteiger partial charge is 0.227 e. The standard InChI is InChI=1S/C27H24NOS/c29-25(21-6-2-1-3-7-21)19-28-15-12-20(13-16-28)14-17-30-26-18-23-10-4-8-22-9-5-11-24(26)27(22)23/h1-13,15-16,26H,14,17-19H2/q+1/t26-/m1/s1. The summed E-state index contributed by atoms with van der Waals surface area (Å²) < 4.78 is 1.96. The number of thioether (sulfide) groups is 1. The van der Waals surface area contributed by atoms with Crippen molar-refractivity contribution in [3.63, 3.8) is 0 Å². The highest BCUT2D eigenvalue weighted by molar-refractivity contribution is 7.99. The highest BCUT2D eigenvalue weighted by Crippen LogP contribution is 2.44. The number of aromatic nitrogens is 1. The molecule has 0 fully saturated rings. The monoisotopic (exact) mass is 410 g/mol. The minimum atomic E-state index is 0.138. The first-order chi connectivity index (χ1) is 14.8. The number of nitrogens with zero attached hydrogens (tertiary/aromatic N) is 1. The average molecular weight is 411 g/mol. The van der Waals surface area contributed by atoms with Crippen LogP contribution >= 0.6 is 11.8 Å². The molecule has 4 aromatic rings. The van der Waals surface area contributed by atoms with E-state index in [1.54, 1.807) is 0 Å². The van der Waals surface area contributed by atoms with E-state index in [0.29, 0.717) is 11.8 Å². The largest absolute Gasteiger partial charge is 0.287 e. The van der Waals surface area contributed by atoms with Crippen LogP contribution in [0.25, 0.3) is 10.8 Å². The van der Waals surface area contributed by atoms with Gasteiger partial charge < -0.3 is 0 Å². The molecule has 148 valence electrons. The predicted octanol–water partition coefficient (Wildman–Crippen LogP) is 5.58. The van der Waals surface area contributed by atoms with Crippen LogP contribution in [-0.2, 0) is 19.4 Å². The minimum absolute atomic E-state index is 0.138. The zero-order valence-corrected chi connectivity index (χ0v) is 17.6. The van der Waals surface area contributed by atoms with E-state index in [2.05, 4.69) is 60.3 Å². The molecule has 1 aliphatic carbocycles. The van der Waals surface area contributed by atoms with Gasteiger partial charge in [-0.1, -0.05) is 66.7 Å². The van der Waals surface area contributed by atoms with Crippen molar-refractivity contribution in [2.45, 2.75) is 24.6 Å². The Morgan fingerprint density at radius 1 is 0.900 bits per heavy atom. The normalized spacial score (nSPS) is 14.9. The fraction of sp³-hybridized carbons (Fsp3) is 0.185. The van der Waals surface area contributed by atoms with Crippen molar-refractivity contribution < 1.29 is 9.36 Å². The van der Waals surface area contributed by atoms with Crippen molar-refractivity contribution in [2.75, 3.05) is 5.75 Å². The first-order valence-corrected chi connectivity index (χ1v) is 11.5. The lowest BCUT2D eigenvalue weighted by atomic mass is 10.1. The Kier molecular flexibility index (Phi) is 5.37. The zero-order chi connectivity index (χ0) is 20.3. The number of hydrogen-bond donors (Lipinski definition) is 0. The quantitative estimate of drug-likeness (QED) is 0.293. The molecule has 5 rings (SSSR count). The number of benzene rings is 3. The molecule has 0 unspecified atom stereocenters. The number of Topliss-reactive ketones (excluding diaryl/α,β-unsaturated/α-hetero) is 1. The van der Waals surface area contributed by atoms with Gasteiger partial charge in [0.25, 0.3) is 0 Å². The molecule has 3 heteroatoms. The summed E-state index contributed by atoms with van der Waals surface area (Å²) in [5.41, 5.74) is 5.07. The fourth-order valence-corrected chi connectivity index (χ4v) is 5.62. The minimum Gasteiger partial charge on any atom is -0.287 e. The third kappa shape index (κ3) is 3.90. The highest BCUT2D eigenvalue weighted by atomic mass is 32.2. The highest BCUT2D eigenvalue weighted by Gasteiger charge is 2.24. The lowest BCUT2D eigenvalue weighted by Crippen LogP contribution is -2.37. The summed E-state index contributed by atoms with van der Waals surface area (Å²) in [5, 5.41) is 3.40. The summed E-state index contributed by atoms with van der Waals surface area (Å²) >= 11 is 2.06. The molecular formula is C27H24NOS+. The Balaban J connectivity index is 1.17. The summed E-state index contributed by atoms with van der Waals surface area (Å²) in [4.78, 5) is 12.4. The molecule has 0 radical (unpaired) electrons. The van der Waals surface area contributed by atoms with Crippen molar-refractivity contribution in [2.24, 2.45) is 0 Å². The molecule has 0 bridgehead atoms. The summed E-state index contributed by atoms with van der Waals surface area (Å²) in [7, 11) is 0. The first-order valence-electron chi connectivity index (χ1n) is 10.5. The number of aryl methyl sites for hydroxylation is 1. The Hall–Kier alpha value is -2.91. The topological polar surface area (TPSA) is 20.9 Å². The maximum Gasteiger partial charge on any atom is 0.227 e. The number of pyridine rings is 1. The van der Waals surface area contributed by atoms with Gasteiger partial charge in [-0.15, -0.1) is 0 Å². The number of rotatable bonds is 7. The van der Waals surface area contributed by atoms with Gasteiger partial charge in [-0.2, -0.15) is 16.3 Å². The third-order valence-electron chi connectivity index (χ3n) is 5.87. The molecule has 0 amide bonds. The van der Waals surface area contributed by atoms with Crippen LogP contribution in [0, 0.1) is 0 Å². The Bertz CT molecular complexity index is 1180. The van der Waals surface area contributed by atoms with Crippen LogP contribution in [0.2, 0.25) is 0 Å². The second kappa shape index (κ2) is 8.45. The van der Waals surface area contributed by atoms with E-state index in [4.69, 9.17) is 0 Å². The molecular weight excluding hydrogens is 386 g/mol. The molecule has 0 N–H and O–H groups in total. The Morgan fingerprint density at radius 3 is 2.47 bits per heavy atom. The van der Waals surface area contributed by atoms with Gasteiger partial charge in [0.15, 0.2) is 12.4 Å². The van der Waals surface area contributed by atoms with Gasteiger partial charge in [0.1, 0.15) is 0 Å². The van der Waals surface area contributed by atoms with Crippen LogP contribution in [0.15, 0.2) is 91.3 Å². The Labute approximate surface area is 181 Å². The average Bonchev–Trinajstić information content (AvgIpc) is 3.15. The molecule has 1 heterocycles. The zero-order valence-electron chi connectivity index (χ0n) is 16.8. The number of carbonyl (C=O) groups excluding carboxylic acids is 1. The summed E-state index contributed by atoms with van der Waals surface area (Å²) in [6.45, 7) is 0.378. The van der Waals surface area contributed by atoms with Crippen molar-refractivity contribution in [1.29, 1.82) is 0 Å². The summed E-state index contributed by atoms with van der Waals surface area (Å²) in [6.07, 6.45) is 6.22. The van der Waals surface area contributed by atoms with Gasteiger partial charge in [-0.25, -0.2) is 0 Å². The van der Waals surface area contributed by atoms with E-state index in [1.807, 2.05) is 47.3 Å². The molecule has 0 saturated carbocycles. The van der Waals surface area contributed by atoms with Gasteiger partial charge in [0.05, 0.1) is 0 Å². The van der Waals surface area contributed by atoms with Crippen LogP contribution in [-0.4, -0.2) is 11.5 Å². The van der Waals surface area contributed by atoms with E-state index in [-0.39, 0.29) is 5.78 Å². The van der Waals surface area contributed by atoms with Gasteiger partial charge in [-0.3, -0.25) is 4.79 Å². The van der Waals surface area contributed by atoms with E-state index in [1.165, 1.54) is 27.5 Å². The molecule has 3 aromatic carbocycles. The van der Waals surface area contributed by atoms with Crippen LogP contribution < -0.4 is 4.57 Å². The van der Waals surface area contributed by atoms with Crippen LogP contribution in [0.3, 0.4) is 0 Å². The van der Waals surface area contributed by atoms with Gasteiger partial charge in [0.2, 0.25) is 12.3 Å². The van der Waals surface area contributed by atoms with E-state index < -0.39 is 0 Å². The lowest BCUT2D eigenvalue weighted by molar-refractivity contribution is -0.683. The number of ketones is 1. The molecule has 0 aliphatic heterocycles. The third-order valence-corrected chi connectivity index (χ3v) is 7.13. The molecule has 1 aromatic heterocycles. The predicted molar refractivity (Wildman–Crippen MR) is 124 cm³/mol. The number of carbonyl (C=O) groups is 1. The van der Waals surface area contributed by atoms with Crippen LogP contribution in [0.5, 0.6) is 0 Å². The fourth-order valence-electron chi connectivity index (χ4n) is 4.31. The van der Waals surface area contributed by atoms with Crippen molar-refractivity contribution in [3.05, 3.63) is 114 Å². The maximum atomic E-state index is 12.4. The number of hydrogen-bond acceptors (Lipinski definition) is 2. The second-order valence-electron chi connectivity index (χ2n) is 7.84. The molecule has 1 aliphatic rings.